The third kappa shape index (κ3) is 3.77. The molecular formula is C25H26N4O2. The van der Waals surface area contributed by atoms with E-state index in [1.165, 1.54) is 10.2 Å². The van der Waals surface area contributed by atoms with Crippen LogP contribution in [0.15, 0.2) is 65.6 Å². The van der Waals surface area contributed by atoms with E-state index in [4.69, 9.17) is 0 Å². The number of fused-ring (bicyclic) bond motifs is 1. The molecule has 1 N–H and O–H groups in total. The van der Waals surface area contributed by atoms with Crippen LogP contribution in [0.3, 0.4) is 0 Å². The van der Waals surface area contributed by atoms with E-state index in [-0.39, 0.29) is 11.5 Å². The molecule has 6 heteroatoms. The Balaban J connectivity index is 1.67. The second-order valence-corrected chi connectivity index (χ2v) is 7.91. The lowest BCUT2D eigenvalue weighted by molar-refractivity contribution is -0.124. The van der Waals surface area contributed by atoms with Crippen molar-refractivity contribution in [2.75, 3.05) is 0 Å². The van der Waals surface area contributed by atoms with Crippen LogP contribution in [0.25, 0.3) is 16.5 Å². The standard InChI is InChI=1S/C25H26N4O2/c1-16-10-12-20(13-11-16)14-26-24(30)19(4)28-17(2)22-15-27-29(21-8-6-5-7-9-21)25(31)23(22)18(28)3/h5-13,15,19H,14H2,1-4H3,(H,26,30)/t19-/m0/s1. The van der Waals surface area contributed by atoms with E-state index >= 15 is 0 Å². The summed E-state index contributed by atoms with van der Waals surface area (Å²) in [6, 6.07) is 17.0. The molecule has 0 saturated carbocycles. The Morgan fingerprint density at radius 2 is 1.68 bits per heavy atom. The lowest BCUT2D eigenvalue weighted by Crippen LogP contribution is -2.31. The first-order valence-corrected chi connectivity index (χ1v) is 10.4. The molecule has 4 rings (SSSR count). The number of aryl methyl sites for hydroxylation is 3. The second-order valence-electron chi connectivity index (χ2n) is 7.91. The molecule has 4 aromatic rings. The first-order valence-electron chi connectivity index (χ1n) is 10.4. The zero-order valence-electron chi connectivity index (χ0n) is 18.2. The number of para-hydroxylation sites is 1. The van der Waals surface area contributed by atoms with Crippen molar-refractivity contribution < 1.29 is 4.79 Å². The van der Waals surface area contributed by atoms with Gasteiger partial charge in [-0.1, -0.05) is 48.0 Å². The predicted octanol–water partition coefficient (Wildman–Crippen LogP) is 3.99. The fourth-order valence-corrected chi connectivity index (χ4v) is 4.07. The number of hydrogen-bond acceptors (Lipinski definition) is 3. The molecule has 0 bridgehead atoms. The maximum absolute atomic E-state index is 13.2. The highest BCUT2D eigenvalue weighted by Crippen LogP contribution is 2.26. The molecule has 0 aliphatic rings. The fourth-order valence-electron chi connectivity index (χ4n) is 4.07. The molecule has 31 heavy (non-hydrogen) atoms. The summed E-state index contributed by atoms with van der Waals surface area (Å²) < 4.78 is 3.33. The smallest absolute Gasteiger partial charge is 0.281 e. The van der Waals surface area contributed by atoms with Gasteiger partial charge in [0.25, 0.3) is 5.56 Å². The lowest BCUT2D eigenvalue weighted by atomic mass is 10.1. The van der Waals surface area contributed by atoms with Gasteiger partial charge in [0.1, 0.15) is 6.04 Å². The number of rotatable bonds is 5. The van der Waals surface area contributed by atoms with Crippen LogP contribution >= 0.6 is 0 Å². The summed E-state index contributed by atoms with van der Waals surface area (Å²) in [5.41, 5.74) is 4.38. The van der Waals surface area contributed by atoms with E-state index in [0.717, 1.165) is 22.3 Å². The van der Waals surface area contributed by atoms with Crippen LogP contribution in [0.4, 0.5) is 0 Å². The van der Waals surface area contributed by atoms with E-state index in [0.29, 0.717) is 17.6 Å². The van der Waals surface area contributed by atoms with E-state index in [9.17, 15) is 9.59 Å². The molecule has 6 nitrogen and oxygen atoms in total. The number of aromatic nitrogens is 3. The average molecular weight is 415 g/mol. The van der Waals surface area contributed by atoms with Gasteiger partial charge in [0, 0.05) is 23.3 Å². The summed E-state index contributed by atoms with van der Waals surface area (Å²) in [6.07, 6.45) is 1.71. The highest BCUT2D eigenvalue weighted by atomic mass is 16.2. The third-order valence-corrected chi connectivity index (χ3v) is 5.81. The Bertz CT molecular complexity index is 1300. The fraction of sp³-hybridized carbons (Fsp3) is 0.240. The van der Waals surface area contributed by atoms with Gasteiger partial charge in [-0.05, 0) is 45.4 Å². The Morgan fingerprint density at radius 3 is 2.35 bits per heavy atom. The van der Waals surface area contributed by atoms with Gasteiger partial charge in [0.15, 0.2) is 0 Å². The maximum Gasteiger partial charge on any atom is 0.281 e. The van der Waals surface area contributed by atoms with Gasteiger partial charge in [0.2, 0.25) is 5.91 Å². The molecule has 0 aliphatic carbocycles. The van der Waals surface area contributed by atoms with Gasteiger partial charge in [-0.15, -0.1) is 0 Å². The van der Waals surface area contributed by atoms with E-state index in [1.54, 1.807) is 6.20 Å². The molecule has 1 amide bonds. The zero-order valence-corrected chi connectivity index (χ0v) is 18.2. The Morgan fingerprint density at radius 1 is 1.00 bits per heavy atom. The van der Waals surface area contributed by atoms with Crippen LogP contribution in [-0.2, 0) is 11.3 Å². The predicted molar refractivity (Wildman–Crippen MR) is 123 cm³/mol. The van der Waals surface area contributed by atoms with Crippen molar-refractivity contribution in [1.29, 1.82) is 0 Å². The molecule has 0 aliphatic heterocycles. The highest BCUT2D eigenvalue weighted by Gasteiger charge is 2.23. The Labute approximate surface area is 181 Å². The first-order chi connectivity index (χ1) is 14.9. The summed E-state index contributed by atoms with van der Waals surface area (Å²) in [4.78, 5) is 26.1. The van der Waals surface area contributed by atoms with Crippen molar-refractivity contribution >= 4 is 16.7 Å². The van der Waals surface area contributed by atoms with Crippen LogP contribution in [0.2, 0.25) is 0 Å². The minimum absolute atomic E-state index is 0.0941. The average Bonchev–Trinajstić information content (AvgIpc) is 3.04. The molecule has 2 heterocycles. The SMILES string of the molecule is Cc1ccc(CNC(=O)[C@H](C)n2c(C)c3cnn(-c4ccccc4)c(=O)c3c2C)cc1. The topological polar surface area (TPSA) is 68.9 Å². The second kappa shape index (κ2) is 8.22. The van der Waals surface area contributed by atoms with Gasteiger partial charge < -0.3 is 9.88 Å². The molecule has 2 aromatic heterocycles. The van der Waals surface area contributed by atoms with Crippen LogP contribution in [-0.4, -0.2) is 20.3 Å². The number of carbonyl (C=O) groups is 1. The molecule has 158 valence electrons. The summed E-state index contributed by atoms with van der Waals surface area (Å²) in [6.45, 7) is 8.16. The molecule has 1 atom stereocenters. The lowest BCUT2D eigenvalue weighted by Gasteiger charge is -2.18. The van der Waals surface area contributed by atoms with E-state index in [2.05, 4.69) is 10.4 Å². The largest absolute Gasteiger partial charge is 0.350 e. The summed E-state index contributed by atoms with van der Waals surface area (Å²) >= 11 is 0. The quantitative estimate of drug-likeness (QED) is 0.537. The molecule has 0 unspecified atom stereocenters. The molecule has 0 radical (unpaired) electrons. The van der Waals surface area contributed by atoms with Crippen molar-refractivity contribution in [2.24, 2.45) is 0 Å². The highest BCUT2D eigenvalue weighted by molar-refractivity contribution is 5.89. The number of nitrogens with zero attached hydrogens (tertiary/aromatic N) is 3. The minimum Gasteiger partial charge on any atom is -0.350 e. The minimum atomic E-state index is -0.456. The number of nitrogens with one attached hydrogen (secondary N) is 1. The number of carbonyl (C=O) groups excluding carboxylic acids is 1. The normalized spacial score (nSPS) is 12.1. The number of hydrogen-bond donors (Lipinski definition) is 1. The van der Waals surface area contributed by atoms with E-state index in [1.807, 2.05) is 86.9 Å². The van der Waals surface area contributed by atoms with Gasteiger partial charge >= 0.3 is 0 Å². The van der Waals surface area contributed by atoms with Crippen LogP contribution < -0.4 is 10.9 Å². The van der Waals surface area contributed by atoms with Crippen LogP contribution in [0.1, 0.15) is 35.5 Å². The Hall–Kier alpha value is -3.67. The van der Waals surface area contributed by atoms with Crippen molar-refractivity contribution in [3.63, 3.8) is 0 Å². The van der Waals surface area contributed by atoms with Crippen molar-refractivity contribution in [2.45, 2.75) is 40.3 Å². The van der Waals surface area contributed by atoms with Crippen molar-refractivity contribution in [1.82, 2.24) is 19.7 Å². The molecule has 0 spiro atoms. The summed E-state index contributed by atoms with van der Waals surface area (Å²) in [5, 5.41) is 8.74. The van der Waals surface area contributed by atoms with Gasteiger partial charge in [-0.25, -0.2) is 0 Å². The van der Waals surface area contributed by atoms with Crippen molar-refractivity contribution in [3.8, 4) is 5.69 Å². The first kappa shape index (κ1) is 20.6. The van der Waals surface area contributed by atoms with Crippen LogP contribution in [0.5, 0.6) is 0 Å². The third-order valence-electron chi connectivity index (χ3n) is 5.81. The maximum atomic E-state index is 13.2. The van der Waals surface area contributed by atoms with Crippen molar-refractivity contribution in [3.05, 3.63) is 93.7 Å². The molecule has 2 aromatic carbocycles. The molecular weight excluding hydrogens is 388 g/mol. The zero-order chi connectivity index (χ0) is 22.1. The summed E-state index contributed by atoms with van der Waals surface area (Å²) in [7, 11) is 0. The monoisotopic (exact) mass is 414 g/mol. The van der Waals surface area contributed by atoms with Crippen LogP contribution in [0, 0.1) is 20.8 Å². The number of benzene rings is 2. The molecule has 0 fully saturated rings. The number of amides is 1. The molecule has 0 saturated heterocycles. The summed E-state index contributed by atoms with van der Waals surface area (Å²) in [5.74, 6) is -0.0941. The van der Waals surface area contributed by atoms with Gasteiger partial charge in [0.05, 0.1) is 17.3 Å². The van der Waals surface area contributed by atoms with Gasteiger partial charge in [-0.2, -0.15) is 9.78 Å². The van der Waals surface area contributed by atoms with Gasteiger partial charge in [-0.3, -0.25) is 9.59 Å². The Kier molecular flexibility index (Phi) is 5.46. The van der Waals surface area contributed by atoms with E-state index < -0.39 is 6.04 Å².